The van der Waals surface area contributed by atoms with E-state index in [1.54, 1.807) is 25.1 Å². The van der Waals surface area contributed by atoms with Crippen LogP contribution in [-0.4, -0.2) is 25.1 Å². The van der Waals surface area contributed by atoms with Gasteiger partial charge in [-0.05, 0) is 56.5 Å². The topological polar surface area (TPSA) is 64.6 Å². The molecule has 0 aromatic heterocycles. The molecule has 0 bridgehead atoms. The van der Waals surface area contributed by atoms with Crippen molar-refractivity contribution in [3.63, 3.8) is 0 Å². The predicted molar refractivity (Wildman–Crippen MR) is 102 cm³/mol. The van der Waals surface area contributed by atoms with E-state index in [0.717, 1.165) is 11.1 Å². The molecule has 0 spiro atoms. The van der Waals surface area contributed by atoms with E-state index in [9.17, 15) is 9.59 Å². The Hall–Kier alpha value is -2.82. The van der Waals surface area contributed by atoms with E-state index in [2.05, 4.69) is 5.32 Å². The number of esters is 1. The number of nitrogens with one attached hydrogen (secondary N) is 1. The first-order chi connectivity index (χ1) is 12.4. The van der Waals surface area contributed by atoms with Gasteiger partial charge in [0.25, 0.3) is 5.91 Å². The monoisotopic (exact) mass is 355 g/mol. The van der Waals surface area contributed by atoms with Gasteiger partial charge in [-0.2, -0.15) is 0 Å². The molecule has 5 heteroatoms. The van der Waals surface area contributed by atoms with Crippen molar-refractivity contribution in [3.8, 4) is 5.75 Å². The van der Waals surface area contributed by atoms with Gasteiger partial charge in [-0.15, -0.1) is 0 Å². The van der Waals surface area contributed by atoms with Gasteiger partial charge in [-0.25, -0.2) is 4.79 Å². The van der Waals surface area contributed by atoms with Gasteiger partial charge in [0, 0.05) is 5.69 Å². The molecule has 0 aliphatic heterocycles. The Kier molecular flexibility index (Phi) is 6.39. The van der Waals surface area contributed by atoms with E-state index in [4.69, 9.17) is 9.47 Å². The van der Waals surface area contributed by atoms with Crippen LogP contribution in [0.1, 0.15) is 40.4 Å². The molecule has 0 saturated carbocycles. The third kappa shape index (κ3) is 4.42. The fourth-order valence-corrected chi connectivity index (χ4v) is 2.72. The van der Waals surface area contributed by atoms with Gasteiger partial charge in [0.1, 0.15) is 5.75 Å². The Morgan fingerprint density at radius 1 is 1.12 bits per heavy atom. The lowest BCUT2D eigenvalue weighted by molar-refractivity contribution is -0.122. The van der Waals surface area contributed by atoms with E-state index >= 15 is 0 Å². The maximum Gasteiger partial charge on any atom is 0.338 e. The Bertz CT molecular complexity index is 814. The van der Waals surface area contributed by atoms with Gasteiger partial charge in [0.05, 0.1) is 12.7 Å². The Morgan fingerprint density at radius 3 is 2.46 bits per heavy atom. The molecule has 0 aliphatic carbocycles. The smallest absolute Gasteiger partial charge is 0.338 e. The first-order valence-electron chi connectivity index (χ1n) is 8.60. The summed E-state index contributed by atoms with van der Waals surface area (Å²) in [5.41, 5.74) is 3.78. The number of methoxy groups -OCH3 is 1. The molecule has 1 unspecified atom stereocenters. The second-order valence-electron chi connectivity index (χ2n) is 6.24. The number of amides is 1. The highest BCUT2D eigenvalue weighted by molar-refractivity contribution is 5.98. The highest BCUT2D eigenvalue weighted by Gasteiger charge is 2.21. The molecule has 5 nitrogen and oxygen atoms in total. The van der Waals surface area contributed by atoms with Gasteiger partial charge in [0.15, 0.2) is 6.10 Å². The normalized spacial score (nSPS) is 11.6. The minimum atomic E-state index is -0.627. The van der Waals surface area contributed by atoms with Crippen molar-refractivity contribution in [2.75, 3.05) is 12.4 Å². The molecular weight excluding hydrogens is 330 g/mol. The molecule has 1 N–H and O–H groups in total. The summed E-state index contributed by atoms with van der Waals surface area (Å²) in [7, 11) is 1.33. The number of benzene rings is 2. The maximum atomic E-state index is 12.7. The SMILES string of the molecule is CCC(Oc1ccc(C)cc1C)C(=O)Nc1cccc(C(=O)OC)c1C. The standard InChI is InChI=1S/C21H25NO4/c1-6-18(26-19-11-10-13(2)12-14(19)3)20(23)22-17-9-7-8-16(15(17)4)21(24)25-5/h7-12,18H,6H2,1-5H3,(H,22,23). The average Bonchev–Trinajstić information content (AvgIpc) is 2.62. The van der Waals surface area contributed by atoms with E-state index in [-0.39, 0.29) is 5.91 Å². The summed E-state index contributed by atoms with van der Waals surface area (Å²) in [5, 5.41) is 2.86. The van der Waals surface area contributed by atoms with Gasteiger partial charge in [-0.1, -0.05) is 30.7 Å². The summed E-state index contributed by atoms with van der Waals surface area (Å²) in [6.45, 7) is 7.63. The van der Waals surface area contributed by atoms with Gasteiger partial charge < -0.3 is 14.8 Å². The zero-order valence-corrected chi connectivity index (χ0v) is 15.9. The zero-order valence-electron chi connectivity index (χ0n) is 15.9. The number of ether oxygens (including phenoxy) is 2. The Labute approximate surface area is 154 Å². The molecule has 1 amide bonds. The molecule has 2 aromatic carbocycles. The Balaban J connectivity index is 2.18. The second-order valence-corrected chi connectivity index (χ2v) is 6.24. The molecule has 0 radical (unpaired) electrons. The first kappa shape index (κ1) is 19.5. The van der Waals surface area contributed by atoms with Crippen molar-refractivity contribution in [2.45, 2.75) is 40.2 Å². The lowest BCUT2D eigenvalue weighted by Crippen LogP contribution is -2.33. The van der Waals surface area contributed by atoms with Crippen LogP contribution in [0.15, 0.2) is 36.4 Å². The molecule has 0 fully saturated rings. The third-order valence-corrected chi connectivity index (χ3v) is 4.26. The van der Waals surface area contributed by atoms with Crippen molar-refractivity contribution in [2.24, 2.45) is 0 Å². The number of anilines is 1. The Morgan fingerprint density at radius 2 is 1.85 bits per heavy atom. The van der Waals surface area contributed by atoms with Crippen LogP contribution in [-0.2, 0) is 9.53 Å². The van der Waals surface area contributed by atoms with Crippen LogP contribution in [0, 0.1) is 20.8 Å². The van der Waals surface area contributed by atoms with Crippen LogP contribution < -0.4 is 10.1 Å². The van der Waals surface area contributed by atoms with Crippen molar-refractivity contribution < 1.29 is 19.1 Å². The number of rotatable bonds is 6. The van der Waals surface area contributed by atoms with Crippen LogP contribution in [0.4, 0.5) is 5.69 Å². The van der Waals surface area contributed by atoms with Crippen molar-refractivity contribution in [3.05, 3.63) is 58.7 Å². The number of hydrogen-bond acceptors (Lipinski definition) is 4. The molecule has 1 atom stereocenters. The number of carbonyl (C=O) groups excluding carboxylic acids is 2. The van der Waals surface area contributed by atoms with Crippen LogP contribution >= 0.6 is 0 Å². The zero-order chi connectivity index (χ0) is 19.3. The lowest BCUT2D eigenvalue weighted by Gasteiger charge is -2.20. The summed E-state index contributed by atoms with van der Waals surface area (Å²) < 4.78 is 10.7. The van der Waals surface area contributed by atoms with Crippen molar-refractivity contribution in [1.29, 1.82) is 0 Å². The van der Waals surface area contributed by atoms with Crippen LogP contribution in [0.2, 0.25) is 0 Å². The van der Waals surface area contributed by atoms with E-state index < -0.39 is 12.1 Å². The van der Waals surface area contributed by atoms with Crippen molar-refractivity contribution >= 4 is 17.6 Å². The summed E-state index contributed by atoms with van der Waals surface area (Å²) in [6.07, 6.45) is -0.105. The molecule has 138 valence electrons. The molecule has 0 aliphatic rings. The minimum Gasteiger partial charge on any atom is -0.480 e. The predicted octanol–water partition coefficient (Wildman–Crippen LogP) is 4.19. The van der Waals surface area contributed by atoms with Crippen LogP contribution in [0.3, 0.4) is 0 Å². The molecule has 0 saturated heterocycles. The number of aryl methyl sites for hydroxylation is 2. The summed E-state index contributed by atoms with van der Waals surface area (Å²) in [4.78, 5) is 24.5. The molecular formula is C21H25NO4. The second kappa shape index (κ2) is 8.52. The first-order valence-corrected chi connectivity index (χ1v) is 8.60. The number of hydrogen-bond donors (Lipinski definition) is 1. The van der Waals surface area contributed by atoms with E-state index in [1.165, 1.54) is 7.11 Å². The highest BCUT2D eigenvalue weighted by Crippen LogP contribution is 2.23. The summed E-state index contributed by atoms with van der Waals surface area (Å²) in [5.74, 6) is 0.00685. The molecule has 2 aromatic rings. The van der Waals surface area contributed by atoms with Gasteiger partial charge >= 0.3 is 5.97 Å². The van der Waals surface area contributed by atoms with Crippen molar-refractivity contribution in [1.82, 2.24) is 0 Å². The third-order valence-electron chi connectivity index (χ3n) is 4.26. The lowest BCUT2D eigenvalue weighted by atomic mass is 10.1. The quantitative estimate of drug-likeness (QED) is 0.789. The fourth-order valence-electron chi connectivity index (χ4n) is 2.72. The molecule has 26 heavy (non-hydrogen) atoms. The number of carbonyl (C=O) groups is 2. The molecule has 2 rings (SSSR count). The van der Waals surface area contributed by atoms with Crippen LogP contribution in [0.5, 0.6) is 5.75 Å². The average molecular weight is 355 g/mol. The molecule has 0 heterocycles. The van der Waals surface area contributed by atoms with Gasteiger partial charge in [0.2, 0.25) is 0 Å². The maximum absolute atomic E-state index is 12.7. The minimum absolute atomic E-state index is 0.252. The van der Waals surface area contributed by atoms with Crippen LogP contribution in [0.25, 0.3) is 0 Å². The summed E-state index contributed by atoms with van der Waals surface area (Å²) >= 11 is 0. The van der Waals surface area contributed by atoms with Gasteiger partial charge in [-0.3, -0.25) is 4.79 Å². The fraction of sp³-hybridized carbons (Fsp3) is 0.333. The highest BCUT2D eigenvalue weighted by atomic mass is 16.5. The largest absolute Gasteiger partial charge is 0.480 e. The van der Waals surface area contributed by atoms with E-state index in [0.29, 0.717) is 29.0 Å². The summed E-state index contributed by atoms with van der Waals surface area (Å²) in [6, 6.07) is 11.0. The van der Waals surface area contributed by atoms with E-state index in [1.807, 2.05) is 39.0 Å².